The van der Waals surface area contributed by atoms with E-state index in [1.165, 1.54) is 6.07 Å². The maximum atomic E-state index is 10.7. The zero-order valence-corrected chi connectivity index (χ0v) is 10.8. The first-order chi connectivity index (χ1) is 7.95. The van der Waals surface area contributed by atoms with Gasteiger partial charge in [-0.05, 0) is 28.9 Å². The third kappa shape index (κ3) is 3.65. The van der Waals surface area contributed by atoms with Crippen molar-refractivity contribution in [2.24, 2.45) is 0 Å². The van der Waals surface area contributed by atoms with Crippen LogP contribution in [0.4, 0.5) is 11.4 Å². The molecule has 1 unspecified atom stereocenters. The van der Waals surface area contributed by atoms with E-state index in [2.05, 4.69) is 21.2 Å². The SMILES string of the molecule is Cc1cc(NCC(O)CO)c(Br)cc1[N+](=O)[O-]. The summed E-state index contributed by atoms with van der Waals surface area (Å²) < 4.78 is 0.542. The molecule has 7 heteroatoms. The molecular weight excluding hydrogens is 292 g/mol. The number of halogens is 1. The average Bonchev–Trinajstić information content (AvgIpc) is 2.28. The van der Waals surface area contributed by atoms with E-state index in [1.807, 2.05) is 0 Å². The Morgan fingerprint density at radius 1 is 1.59 bits per heavy atom. The summed E-state index contributed by atoms with van der Waals surface area (Å²) in [7, 11) is 0. The summed E-state index contributed by atoms with van der Waals surface area (Å²) in [5.74, 6) is 0. The molecule has 0 bridgehead atoms. The van der Waals surface area contributed by atoms with Crippen LogP contribution in [-0.2, 0) is 0 Å². The van der Waals surface area contributed by atoms with Gasteiger partial charge in [-0.25, -0.2) is 0 Å². The van der Waals surface area contributed by atoms with Crippen LogP contribution >= 0.6 is 15.9 Å². The van der Waals surface area contributed by atoms with Crippen LogP contribution in [0.5, 0.6) is 0 Å². The van der Waals surface area contributed by atoms with Gasteiger partial charge in [-0.15, -0.1) is 0 Å². The predicted molar refractivity (Wildman–Crippen MR) is 67.1 cm³/mol. The molecule has 0 aliphatic heterocycles. The Balaban J connectivity index is 2.88. The van der Waals surface area contributed by atoms with Crippen molar-refractivity contribution in [3.63, 3.8) is 0 Å². The van der Waals surface area contributed by atoms with Crippen LogP contribution in [0.1, 0.15) is 5.56 Å². The van der Waals surface area contributed by atoms with Gasteiger partial charge in [0.15, 0.2) is 0 Å². The fourth-order valence-electron chi connectivity index (χ4n) is 1.30. The Morgan fingerprint density at radius 2 is 2.24 bits per heavy atom. The summed E-state index contributed by atoms with van der Waals surface area (Å²) in [6.07, 6.45) is -0.864. The van der Waals surface area contributed by atoms with Crippen LogP contribution in [0.25, 0.3) is 0 Å². The molecule has 0 spiro atoms. The van der Waals surface area contributed by atoms with Crippen LogP contribution < -0.4 is 5.32 Å². The highest BCUT2D eigenvalue weighted by atomic mass is 79.9. The minimum Gasteiger partial charge on any atom is -0.394 e. The molecule has 0 aliphatic rings. The number of hydrogen-bond acceptors (Lipinski definition) is 5. The summed E-state index contributed by atoms with van der Waals surface area (Å²) in [5, 5.41) is 31.4. The molecule has 1 atom stereocenters. The Labute approximate surface area is 107 Å². The molecule has 0 aromatic heterocycles. The summed E-state index contributed by atoms with van der Waals surface area (Å²) >= 11 is 3.21. The number of aryl methyl sites for hydroxylation is 1. The zero-order valence-electron chi connectivity index (χ0n) is 9.18. The van der Waals surface area contributed by atoms with Crippen LogP contribution in [0.15, 0.2) is 16.6 Å². The van der Waals surface area contributed by atoms with E-state index in [9.17, 15) is 15.2 Å². The minimum atomic E-state index is -0.864. The van der Waals surface area contributed by atoms with E-state index in [-0.39, 0.29) is 18.8 Å². The second-order valence-corrected chi connectivity index (χ2v) is 4.45. The third-order valence-corrected chi connectivity index (χ3v) is 2.88. The normalized spacial score (nSPS) is 12.2. The van der Waals surface area contributed by atoms with E-state index in [4.69, 9.17) is 5.11 Å². The van der Waals surface area contributed by atoms with Gasteiger partial charge in [0.25, 0.3) is 5.69 Å². The Hall–Kier alpha value is -1.18. The topological polar surface area (TPSA) is 95.6 Å². The maximum Gasteiger partial charge on any atom is 0.273 e. The molecule has 1 aromatic rings. The molecule has 0 amide bonds. The van der Waals surface area contributed by atoms with Crippen molar-refractivity contribution in [2.75, 3.05) is 18.5 Å². The van der Waals surface area contributed by atoms with Crippen LogP contribution in [0.2, 0.25) is 0 Å². The lowest BCUT2D eigenvalue weighted by Crippen LogP contribution is -2.23. The average molecular weight is 305 g/mol. The van der Waals surface area contributed by atoms with Gasteiger partial charge in [0, 0.05) is 28.3 Å². The third-order valence-electron chi connectivity index (χ3n) is 2.22. The number of anilines is 1. The van der Waals surface area contributed by atoms with Crippen molar-refractivity contribution >= 4 is 27.3 Å². The van der Waals surface area contributed by atoms with E-state index < -0.39 is 11.0 Å². The summed E-state index contributed by atoms with van der Waals surface area (Å²) in [4.78, 5) is 10.2. The number of rotatable bonds is 5. The Bertz CT molecular complexity index is 425. The number of benzene rings is 1. The fraction of sp³-hybridized carbons (Fsp3) is 0.400. The van der Waals surface area contributed by atoms with Crippen molar-refractivity contribution in [3.05, 3.63) is 32.3 Å². The van der Waals surface area contributed by atoms with Crippen molar-refractivity contribution in [1.82, 2.24) is 0 Å². The largest absolute Gasteiger partial charge is 0.394 e. The fourth-order valence-corrected chi connectivity index (χ4v) is 1.77. The van der Waals surface area contributed by atoms with Crippen LogP contribution in [0, 0.1) is 17.0 Å². The summed E-state index contributed by atoms with van der Waals surface area (Å²) in [5.41, 5.74) is 1.20. The number of nitrogens with one attached hydrogen (secondary N) is 1. The lowest BCUT2D eigenvalue weighted by atomic mass is 10.2. The van der Waals surface area contributed by atoms with Gasteiger partial charge >= 0.3 is 0 Å². The van der Waals surface area contributed by atoms with E-state index in [0.29, 0.717) is 15.7 Å². The molecule has 17 heavy (non-hydrogen) atoms. The van der Waals surface area contributed by atoms with E-state index in [0.717, 1.165) is 0 Å². The Morgan fingerprint density at radius 3 is 2.76 bits per heavy atom. The first-order valence-electron chi connectivity index (χ1n) is 4.93. The van der Waals surface area contributed by atoms with Crippen molar-refractivity contribution in [2.45, 2.75) is 13.0 Å². The number of hydrogen-bond donors (Lipinski definition) is 3. The molecule has 0 heterocycles. The van der Waals surface area contributed by atoms with Gasteiger partial charge in [-0.3, -0.25) is 10.1 Å². The van der Waals surface area contributed by atoms with Crippen LogP contribution in [0.3, 0.4) is 0 Å². The molecule has 1 rings (SSSR count). The van der Waals surface area contributed by atoms with Gasteiger partial charge in [0.1, 0.15) is 0 Å². The molecule has 94 valence electrons. The first kappa shape index (κ1) is 13.9. The molecule has 6 nitrogen and oxygen atoms in total. The van der Waals surface area contributed by atoms with Gasteiger partial charge in [-0.2, -0.15) is 0 Å². The van der Waals surface area contributed by atoms with Crippen molar-refractivity contribution in [3.8, 4) is 0 Å². The molecule has 0 fully saturated rings. The lowest BCUT2D eigenvalue weighted by molar-refractivity contribution is -0.385. The monoisotopic (exact) mass is 304 g/mol. The number of nitro groups is 1. The first-order valence-corrected chi connectivity index (χ1v) is 5.72. The van der Waals surface area contributed by atoms with Crippen molar-refractivity contribution in [1.29, 1.82) is 0 Å². The maximum absolute atomic E-state index is 10.7. The Kier molecular flexibility index (Phi) is 4.86. The van der Waals surface area contributed by atoms with Gasteiger partial charge in [0.05, 0.1) is 17.6 Å². The van der Waals surface area contributed by atoms with E-state index in [1.54, 1.807) is 13.0 Å². The molecule has 3 N–H and O–H groups in total. The highest BCUT2D eigenvalue weighted by Crippen LogP contribution is 2.30. The molecule has 0 radical (unpaired) electrons. The lowest BCUT2D eigenvalue weighted by Gasteiger charge is -2.12. The van der Waals surface area contributed by atoms with Crippen molar-refractivity contribution < 1.29 is 15.1 Å². The number of nitrogens with zero attached hydrogens (tertiary/aromatic N) is 1. The quantitative estimate of drug-likeness (QED) is 0.565. The summed E-state index contributed by atoms with van der Waals surface area (Å²) in [6, 6.07) is 3.02. The highest BCUT2D eigenvalue weighted by molar-refractivity contribution is 9.10. The summed E-state index contributed by atoms with van der Waals surface area (Å²) in [6.45, 7) is 1.47. The van der Waals surface area contributed by atoms with Gasteiger partial charge < -0.3 is 15.5 Å². The molecule has 1 aromatic carbocycles. The number of aliphatic hydroxyl groups is 2. The second kappa shape index (κ2) is 5.95. The predicted octanol–water partition coefficient (Wildman–Crippen LogP) is 1.43. The molecule has 0 aliphatic carbocycles. The molecule has 0 saturated heterocycles. The zero-order chi connectivity index (χ0) is 13.0. The van der Waals surface area contributed by atoms with Gasteiger partial charge in [0.2, 0.25) is 0 Å². The van der Waals surface area contributed by atoms with E-state index >= 15 is 0 Å². The number of aliphatic hydroxyl groups excluding tert-OH is 2. The van der Waals surface area contributed by atoms with Crippen LogP contribution in [-0.4, -0.2) is 34.4 Å². The van der Waals surface area contributed by atoms with Gasteiger partial charge in [-0.1, -0.05) is 0 Å². The molecular formula is C10H13BrN2O4. The minimum absolute atomic E-state index is 0.0325. The standard InChI is InChI=1S/C10H13BrN2O4/c1-6-2-9(12-4-7(15)5-14)8(11)3-10(6)13(16)17/h2-3,7,12,14-15H,4-5H2,1H3. The second-order valence-electron chi connectivity index (χ2n) is 3.59. The number of nitro benzene ring substituents is 1. The molecule has 0 saturated carbocycles. The highest BCUT2D eigenvalue weighted by Gasteiger charge is 2.14. The smallest absolute Gasteiger partial charge is 0.273 e.